The Morgan fingerprint density at radius 3 is 2.68 bits per heavy atom. The van der Waals surface area contributed by atoms with Gasteiger partial charge < -0.3 is 10.2 Å². The second-order valence-electron chi connectivity index (χ2n) is 6.56. The highest BCUT2D eigenvalue weighted by Crippen LogP contribution is 2.43. The van der Waals surface area contributed by atoms with Crippen LogP contribution in [0, 0.1) is 5.82 Å². The van der Waals surface area contributed by atoms with E-state index in [1.807, 2.05) is 29.6 Å². The van der Waals surface area contributed by atoms with Gasteiger partial charge in [-0.15, -0.1) is 11.3 Å². The van der Waals surface area contributed by atoms with Gasteiger partial charge in [-0.2, -0.15) is 0 Å². The number of nitrogens with one attached hydrogen (secondary N) is 1. The lowest BCUT2D eigenvalue weighted by Gasteiger charge is -2.39. The van der Waals surface area contributed by atoms with Crippen LogP contribution < -0.4 is 5.32 Å². The van der Waals surface area contributed by atoms with E-state index in [1.165, 1.54) is 29.5 Å². The molecule has 7 heteroatoms. The van der Waals surface area contributed by atoms with Crippen LogP contribution in [0.25, 0.3) is 0 Å². The van der Waals surface area contributed by atoms with Crippen LogP contribution in [0.5, 0.6) is 0 Å². The molecule has 1 N–H and O–H groups in total. The molecule has 28 heavy (non-hydrogen) atoms. The second kappa shape index (κ2) is 7.37. The van der Waals surface area contributed by atoms with Gasteiger partial charge in [-0.1, -0.05) is 35.9 Å². The summed E-state index contributed by atoms with van der Waals surface area (Å²) in [6.07, 6.45) is 0. The number of carbonyl (C=O) groups is 2. The maximum absolute atomic E-state index is 13.4. The Labute approximate surface area is 170 Å². The molecule has 1 aliphatic rings. The minimum Gasteiger partial charge on any atom is -0.333 e. The summed E-state index contributed by atoms with van der Waals surface area (Å²) in [5, 5.41) is 4.68. The van der Waals surface area contributed by atoms with E-state index in [-0.39, 0.29) is 16.8 Å². The Kier molecular flexibility index (Phi) is 4.91. The highest BCUT2D eigenvalue weighted by atomic mass is 35.5. The van der Waals surface area contributed by atoms with Crippen LogP contribution in [-0.2, 0) is 4.79 Å². The average Bonchev–Trinajstić information content (AvgIpc) is 3.21. The summed E-state index contributed by atoms with van der Waals surface area (Å²) in [7, 11) is 1.71. The lowest BCUT2D eigenvalue weighted by Crippen LogP contribution is -2.43. The summed E-state index contributed by atoms with van der Waals surface area (Å²) in [6.45, 7) is 0. The summed E-state index contributed by atoms with van der Waals surface area (Å²) in [5.74, 6) is -1.57. The fraction of sp³-hybridized carbons (Fsp3) is 0.143. The van der Waals surface area contributed by atoms with Crippen molar-refractivity contribution in [3.05, 3.63) is 86.8 Å². The number of anilines is 1. The molecule has 3 aromatic rings. The highest BCUT2D eigenvalue weighted by Gasteiger charge is 2.43. The van der Waals surface area contributed by atoms with Crippen LogP contribution in [0.3, 0.4) is 0 Å². The number of nitrogens with zero attached hydrogens (tertiary/aromatic N) is 1. The molecule has 0 spiro atoms. The third-order valence-corrected chi connectivity index (χ3v) is 6.12. The Morgan fingerprint density at radius 2 is 1.96 bits per heavy atom. The summed E-state index contributed by atoms with van der Waals surface area (Å²) < 4.78 is 13.4. The van der Waals surface area contributed by atoms with E-state index in [1.54, 1.807) is 24.1 Å². The van der Waals surface area contributed by atoms with Crippen LogP contribution in [0.1, 0.15) is 32.8 Å². The smallest absolute Gasteiger partial charge is 0.254 e. The van der Waals surface area contributed by atoms with Gasteiger partial charge in [0.1, 0.15) is 5.82 Å². The monoisotopic (exact) mass is 414 g/mol. The van der Waals surface area contributed by atoms with Gasteiger partial charge in [0.15, 0.2) is 0 Å². The molecule has 0 radical (unpaired) electrons. The van der Waals surface area contributed by atoms with E-state index in [9.17, 15) is 14.0 Å². The molecule has 2 heterocycles. The Morgan fingerprint density at radius 1 is 1.18 bits per heavy atom. The maximum atomic E-state index is 13.4. The second-order valence-corrected chi connectivity index (χ2v) is 7.95. The largest absolute Gasteiger partial charge is 0.333 e. The quantitative estimate of drug-likeness (QED) is 0.649. The fourth-order valence-corrected chi connectivity index (χ4v) is 4.65. The third-order valence-electron chi connectivity index (χ3n) is 4.88. The highest BCUT2D eigenvalue weighted by molar-refractivity contribution is 7.10. The molecule has 2 amide bonds. The van der Waals surface area contributed by atoms with E-state index in [4.69, 9.17) is 11.6 Å². The van der Waals surface area contributed by atoms with Crippen molar-refractivity contribution in [1.82, 2.24) is 4.90 Å². The van der Waals surface area contributed by atoms with E-state index in [0.29, 0.717) is 16.8 Å². The molecule has 2 atom stereocenters. The third kappa shape index (κ3) is 3.19. The minimum absolute atomic E-state index is 0.0658. The molecule has 0 aliphatic carbocycles. The first-order valence-electron chi connectivity index (χ1n) is 8.63. The van der Waals surface area contributed by atoms with Gasteiger partial charge in [0, 0.05) is 23.2 Å². The molecule has 4 nitrogen and oxygen atoms in total. The SMILES string of the molecule is CN1C(=O)c2ccccc2[C@@H](C(=O)Nc2ccc(F)c(Cl)c2)[C@H]1c1cccs1. The zero-order valence-electron chi connectivity index (χ0n) is 14.9. The molecule has 142 valence electrons. The maximum Gasteiger partial charge on any atom is 0.254 e. The van der Waals surface area contributed by atoms with Crippen LogP contribution in [0.2, 0.25) is 5.02 Å². The van der Waals surface area contributed by atoms with Crippen molar-refractivity contribution in [2.45, 2.75) is 12.0 Å². The Balaban J connectivity index is 1.78. The number of benzene rings is 2. The summed E-state index contributed by atoms with van der Waals surface area (Å²) >= 11 is 7.34. The lowest BCUT2D eigenvalue weighted by molar-refractivity contribution is -0.119. The zero-order chi connectivity index (χ0) is 19.8. The molecule has 0 fully saturated rings. The molecular weight excluding hydrogens is 399 g/mol. The predicted molar refractivity (Wildman–Crippen MR) is 108 cm³/mol. The molecule has 0 saturated carbocycles. The standard InChI is InChI=1S/C21H16ClFN2O2S/c1-25-19(17-7-4-10-28-17)18(13-5-2-3-6-14(13)21(25)27)20(26)24-12-8-9-16(23)15(22)11-12/h2-11,18-19H,1H3,(H,24,26)/t18-,19-/m1/s1. The molecule has 0 saturated heterocycles. The van der Waals surface area contributed by atoms with Gasteiger partial charge in [-0.3, -0.25) is 9.59 Å². The van der Waals surface area contributed by atoms with E-state index < -0.39 is 17.8 Å². The number of amides is 2. The van der Waals surface area contributed by atoms with Crippen molar-refractivity contribution in [1.29, 1.82) is 0 Å². The zero-order valence-corrected chi connectivity index (χ0v) is 16.4. The van der Waals surface area contributed by atoms with Gasteiger partial charge >= 0.3 is 0 Å². The van der Waals surface area contributed by atoms with Gasteiger partial charge in [0.2, 0.25) is 5.91 Å². The number of hydrogen-bond donors (Lipinski definition) is 1. The van der Waals surface area contributed by atoms with Crippen LogP contribution in [0.4, 0.5) is 10.1 Å². The number of rotatable bonds is 3. The molecule has 4 rings (SSSR count). The molecule has 1 aliphatic heterocycles. The van der Waals surface area contributed by atoms with Crippen molar-refractivity contribution in [3.8, 4) is 0 Å². The summed E-state index contributed by atoms with van der Waals surface area (Å²) in [6, 6.07) is 14.6. The molecule has 2 aromatic carbocycles. The summed E-state index contributed by atoms with van der Waals surface area (Å²) in [5.41, 5.74) is 1.59. The first-order valence-corrected chi connectivity index (χ1v) is 9.88. The minimum atomic E-state index is -0.610. The predicted octanol–water partition coefficient (Wildman–Crippen LogP) is 5.09. The van der Waals surface area contributed by atoms with Crippen LogP contribution >= 0.6 is 22.9 Å². The average molecular weight is 415 g/mol. The fourth-order valence-electron chi connectivity index (χ4n) is 3.57. The molecule has 0 bridgehead atoms. The normalized spacial score (nSPS) is 18.7. The van der Waals surface area contributed by atoms with Crippen LogP contribution in [-0.4, -0.2) is 23.8 Å². The summed E-state index contributed by atoms with van der Waals surface area (Å²) in [4.78, 5) is 28.7. The number of carbonyl (C=O) groups excluding carboxylic acids is 2. The van der Waals surface area contributed by atoms with E-state index in [2.05, 4.69) is 5.32 Å². The molecule has 0 unspecified atom stereocenters. The lowest BCUT2D eigenvalue weighted by atomic mass is 9.81. The Hall–Kier alpha value is -2.70. The van der Waals surface area contributed by atoms with Crippen molar-refractivity contribution >= 4 is 40.4 Å². The van der Waals surface area contributed by atoms with Crippen molar-refractivity contribution in [3.63, 3.8) is 0 Å². The van der Waals surface area contributed by atoms with Crippen molar-refractivity contribution in [2.24, 2.45) is 0 Å². The van der Waals surface area contributed by atoms with Gasteiger partial charge in [-0.05, 0) is 41.3 Å². The first-order chi connectivity index (χ1) is 13.5. The number of hydrogen-bond acceptors (Lipinski definition) is 3. The first kappa shape index (κ1) is 18.7. The number of thiophene rings is 1. The van der Waals surface area contributed by atoms with Gasteiger partial charge in [-0.25, -0.2) is 4.39 Å². The van der Waals surface area contributed by atoms with Crippen LogP contribution in [0.15, 0.2) is 60.0 Å². The van der Waals surface area contributed by atoms with Gasteiger partial charge in [0.25, 0.3) is 5.91 Å². The van der Waals surface area contributed by atoms with Crippen molar-refractivity contribution in [2.75, 3.05) is 12.4 Å². The molecular formula is C21H16ClFN2O2S. The van der Waals surface area contributed by atoms with Crippen molar-refractivity contribution < 1.29 is 14.0 Å². The number of likely N-dealkylation sites (N-methyl/N-ethyl adjacent to an activating group) is 1. The number of fused-ring (bicyclic) bond motifs is 1. The van der Waals surface area contributed by atoms with E-state index in [0.717, 1.165) is 4.88 Å². The van der Waals surface area contributed by atoms with E-state index >= 15 is 0 Å². The van der Waals surface area contributed by atoms with Gasteiger partial charge in [0.05, 0.1) is 17.0 Å². The number of halogens is 2. The Bertz CT molecular complexity index is 1050. The topological polar surface area (TPSA) is 49.4 Å². The molecule has 1 aromatic heterocycles.